The molecule has 17 heavy (non-hydrogen) atoms. The molecule has 0 bridgehead atoms. The van der Waals surface area contributed by atoms with Crippen molar-refractivity contribution >= 4 is 11.8 Å². The van der Waals surface area contributed by atoms with Crippen molar-refractivity contribution in [3.05, 3.63) is 0 Å². The van der Waals surface area contributed by atoms with E-state index in [-0.39, 0.29) is 17.9 Å². The van der Waals surface area contributed by atoms with Gasteiger partial charge < -0.3 is 0 Å². The third-order valence-corrected chi connectivity index (χ3v) is 3.46. The highest BCUT2D eigenvalue weighted by molar-refractivity contribution is 5.86. The quantitative estimate of drug-likeness (QED) is 0.750. The van der Waals surface area contributed by atoms with Crippen LogP contribution in [-0.4, -0.2) is 59.6 Å². The predicted octanol–water partition coefficient (Wildman–Crippen LogP) is 0.217. The molecule has 96 valence electrons. The fourth-order valence-electron chi connectivity index (χ4n) is 2.58. The Kier molecular flexibility index (Phi) is 3.63. The Morgan fingerprint density at radius 2 is 2.00 bits per heavy atom. The lowest BCUT2D eigenvalue weighted by Gasteiger charge is -2.42. The second-order valence-corrected chi connectivity index (χ2v) is 4.58. The van der Waals surface area contributed by atoms with Crippen molar-refractivity contribution in [3.8, 4) is 0 Å². The van der Waals surface area contributed by atoms with Crippen LogP contribution in [0.3, 0.4) is 0 Å². The van der Waals surface area contributed by atoms with Crippen molar-refractivity contribution in [1.82, 2.24) is 20.5 Å². The van der Waals surface area contributed by atoms with Crippen LogP contribution >= 0.6 is 0 Å². The van der Waals surface area contributed by atoms with Crippen LogP contribution in [0.4, 0.5) is 4.79 Å². The third kappa shape index (κ3) is 2.28. The zero-order chi connectivity index (χ0) is 12.4. The zero-order valence-electron chi connectivity index (χ0n) is 10.5. The molecule has 6 heteroatoms. The van der Waals surface area contributed by atoms with Gasteiger partial charge in [0.1, 0.15) is 6.04 Å². The fraction of sp³-hybridized carbons (Fsp3) is 0.818. The Hall–Kier alpha value is -1.14. The van der Waals surface area contributed by atoms with Crippen LogP contribution in [0.5, 0.6) is 0 Å². The molecule has 0 saturated carbocycles. The number of urea groups is 1. The number of hydrazine groups is 2. The smallest absolute Gasteiger partial charge is 0.298 e. The second kappa shape index (κ2) is 5.01. The molecular formula is C11H20N4O2. The van der Waals surface area contributed by atoms with Gasteiger partial charge in [0.2, 0.25) is 0 Å². The van der Waals surface area contributed by atoms with Gasteiger partial charge >= 0.3 is 6.03 Å². The maximum absolute atomic E-state index is 12.3. The Labute approximate surface area is 101 Å². The van der Waals surface area contributed by atoms with Crippen LogP contribution in [-0.2, 0) is 4.79 Å². The minimum Gasteiger partial charge on any atom is -0.298 e. The van der Waals surface area contributed by atoms with E-state index in [0.717, 1.165) is 32.4 Å². The van der Waals surface area contributed by atoms with Crippen LogP contribution < -0.4 is 5.43 Å². The molecule has 2 aliphatic rings. The Morgan fingerprint density at radius 1 is 1.29 bits per heavy atom. The summed E-state index contributed by atoms with van der Waals surface area (Å²) in [6.45, 7) is 3.96. The summed E-state index contributed by atoms with van der Waals surface area (Å²) < 4.78 is 0. The van der Waals surface area contributed by atoms with Gasteiger partial charge in [-0.05, 0) is 26.2 Å². The first-order valence-corrected chi connectivity index (χ1v) is 6.18. The van der Waals surface area contributed by atoms with Crippen molar-refractivity contribution in [2.45, 2.75) is 32.2 Å². The molecule has 2 aliphatic heterocycles. The Bertz CT molecular complexity index is 321. The molecule has 0 radical (unpaired) electrons. The number of ketones is 1. The standard InChI is InChI=1S/C11H20N4O2/c1-9(16)10-5-3-6-13-7-4-8-14(12-2)11(17)15(10)13/h10,12H,3-8H2,1-2H3. The number of Topliss-reactive ketones (excluding diaryl/α,β-unsaturated/α-hetero) is 1. The van der Waals surface area contributed by atoms with Gasteiger partial charge in [0.05, 0.1) is 0 Å². The van der Waals surface area contributed by atoms with Crippen molar-refractivity contribution < 1.29 is 9.59 Å². The minimum atomic E-state index is -0.287. The number of carbonyl (C=O) groups is 2. The van der Waals surface area contributed by atoms with E-state index in [0.29, 0.717) is 6.54 Å². The first kappa shape index (κ1) is 12.3. The molecule has 1 atom stereocenters. The summed E-state index contributed by atoms with van der Waals surface area (Å²) in [5, 5.41) is 5.26. The summed E-state index contributed by atoms with van der Waals surface area (Å²) in [5.41, 5.74) is 2.89. The van der Waals surface area contributed by atoms with Crippen molar-refractivity contribution in [3.63, 3.8) is 0 Å². The number of amides is 2. The van der Waals surface area contributed by atoms with Gasteiger partial charge in [0.15, 0.2) is 5.78 Å². The molecule has 0 spiro atoms. The monoisotopic (exact) mass is 240 g/mol. The van der Waals surface area contributed by atoms with Crippen LogP contribution in [0.1, 0.15) is 26.2 Å². The molecule has 0 aromatic carbocycles. The van der Waals surface area contributed by atoms with E-state index < -0.39 is 0 Å². The van der Waals surface area contributed by atoms with Gasteiger partial charge in [-0.15, -0.1) is 0 Å². The van der Waals surface area contributed by atoms with E-state index in [1.807, 2.05) is 5.01 Å². The zero-order valence-corrected chi connectivity index (χ0v) is 10.5. The van der Waals surface area contributed by atoms with Crippen molar-refractivity contribution in [1.29, 1.82) is 0 Å². The van der Waals surface area contributed by atoms with Gasteiger partial charge in [0.25, 0.3) is 0 Å². The molecule has 1 N–H and O–H groups in total. The van der Waals surface area contributed by atoms with Gasteiger partial charge in [0, 0.05) is 26.7 Å². The summed E-state index contributed by atoms with van der Waals surface area (Å²) in [6, 6.07) is -0.393. The second-order valence-electron chi connectivity index (χ2n) is 4.58. The highest BCUT2D eigenvalue weighted by Gasteiger charge is 2.38. The Morgan fingerprint density at radius 3 is 2.65 bits per heavy atom. The van der Waals surface area contributed by atoms with Crippen LogP contribution in [0.2, 0.25) is 0 Å². The fourth-order valence-corrected chi connectivity index (χ4v) is 2.58. The van der Waals surface area contributed by atoms with Gasteiger partial charge in [-0.1, -0.05) is 0 Å². The van der Waals surface area contributed by atoms with Gasteiger partial charge in [-0.3, -0.25) is 9.80 Å². The van der Waals surface area contributed by atoms with Gasteiger partial charge in [-0.25, -0.2) is 20.2 Å². The van der Waals surface area contributed by atoms with Crippen LogP contribution in [0, 0.1) is 0 Å². The van der Waals surface area contributed by atoms with E-state index >= 15 is 0 Å². The van der Waals surface area contributed by atoms with Crippen LogP contribution in [0.15, 0.2) is 0 Å². The molecule has 0 aromatic rings. The van der Waals surface area contributed by atoms with Gasteiger partial charge in [-0.2, -0.15) is 0 Å². The third-order valence-electron chi connectivity index (χ3n) is 3.46. The topological polar surface area (TPSA) is 55.9 Å². The van der Waals surface area contributed by atoms with E-state index in [4.69, 9.17) is 0 Å². The molecule has 2 fully saturated rings. The lowest BCUT2D eigenvalue weighted by Crippen LogP contribution is -2.60. The first-order chi connectivity index (χ1) is 8.15. The molecule has 2 amide bonds. The summed E-state index contributed by atoms with van der Waals surface area (Å²) in [6.07, 6.45) is 2.68. The van der Waals surface area contributed by atoms with E-state index in [2.05, 4.69) is 5.43 Å². The summed E-state index contributed by atoms with van der Waals surface area (Å²) in [7, 11) is 1.74. The Balaban J connectivity index is 2.24. The normalized spacial score (nSPS) is 26.7. The SMILES string of the molecule is CNN1CCCN2CCCC(C(C)=O)N2C1=O. The van der Waals surface area contributed by atoms with E-state index in [1.165, 1.54) is 0 Å². The van der Waals surface area contributed by atoms with E-state index in [1.54, 1.807) is 24.0 Å². The van der Waals surface area contributed by atoms with Crippen molar-refractivity contribution in [2.75, 3.05) is 26.7 Å². The highest BCUT2D eigenvalue weighted by atomic mass is 16.2. The minimum absolute atomic E-state index is 0.0704. The number of hydrogen-bond donors (Lipinski definition) is 1. The average molecular weight is 240 g/mol. The first-order valence-electron chi connectivity index (χ1n) is 6.18. The summed E-state index contributed by atoms with van der Waals surface area (Å²) in [4.78, 5) is 24.0. The number of nitrogens with one attached hydrogen (secondary N) is 1. The number of nitrogens with zero attached hydrogens (tertiary/aromatic N) is 3. The van der Waals surface area contributed by atoms with Crippen LogP contribution in [0.25, 0.3) is 0 Å². The largest absolute Gasteiger partial charge is 0.349 e. The maximum atomic E-state index is 12.3. The molecular weight excluding hydrogens is 220 g/mol. The van der Waals surface area contributed by atoms with E-state index in [9.17, 15) is 9.59 Å². The summed E-state index contributed by atoms with van der Waals surface area (Å²) in [5.74, 6) is 0.0704. The summed E-state index contributed by atoms with van der Waals surface area (Å²) >= 11 is 0. The van der Waals surface area contributed by atoms with Crippen molar-refractivity contribution in [2.24, 2.45) is 0 Å². The molecule has 1 unspecified atom stereocenters. The maximum Gasteiger partial charge on any atom is 0.349 e. The molecule has 2 heterocycles. The average Bonchev–Trinajstić information content (AvgIpc) is 2.48. The lowest BCUT2D eigenvalue weighted by molar-refractivity contribution is -0.131. The number of fused-ring (bicyclic) bond motifs is 1. The number of carbonyl (C=O) groups excluding carboxylic acids is 2. The molecule has 6 nitrogen and oxygen atoms in total. The molecule has 0 aromatic heterocycles. The lowest BCUT2D eigenvalue weighted by atomic mass is 10.0. The molecule has 2 rings (SSSR count). The molecule has 0 aliphatic carbocycles. The number of hydrogen-bond acceptors (Lipinski definition) is 4. The predicted molar refractivity (Wildman–Crippen MR) is 62.9 cm³/mol. The highest BCUT2D eigenvalue weighted by Crippen LogP contribution is 2.22. The molecule has 2 saturated heterocycles. The number of rotatable bonds is 2.